The Kier molecular flexibility index (Phi) is 5.29. The SMILES string of the molecule is COc1ccccc1[C@@H]1[C@@H]2C(=O)N(c3ccc(Cl)c(Cl)c3)C(=O)[C@@H]2ON1c1ccccc1. The van der Waals surface area contributed by atoms with Crippen LogP contribution in [0.25, 0.3) is 0 Å². The number of fused-ring (bicyclic) bond motifs is 1. The molecule has 0 spiro atoms. The quantitative estimate of drug-likeness (QED) is 0.501. The van der Waals surface area contributed by atoms with Gasteiger partial charge in [0.25, 0.3) is 5.91 Å². The highest BCUT2D eigenvalue weighted by molar-refractivity contribution is 6.42. The summed E-state index contributed by atoms with van der Waals surface area (Å²) in [6.45, 7) is 0. The largest absolute Gasteiger partial charge is 0.496 e. The zero-order valence-corrected chi connectivity index (χ0v) is 18.5. The monoisotopic (exact) mass is 468 g/mol. The molecule has 0 bridgehead atoms. The highest BCUT2D eigenvalue weighted by atomic mass is 35.5. The fourth-order valence-electron chi connectivity index (χ4n) is 4.32. The molecule has 3 aromatic carbocycles. The molecule has 3 aromatic rings. The van der Waals surface area contributed by atoms with Crippen LogP contribution >= 0.6 is 23.2 Å². The first kappa shape index (κ1) is 20.8. The highest BCUT2D eigenvalue weighted by Crippen LogP contribution is 2.49. The van der Waals surface area contributed by atoms with Crippen LogP contribution in [0.3, 0.4) is 0 Å². The van der Waals surface area contributed by atoms with Crippen LogP contribution in [0.4, 0.5) is 11.4 Å². The molecular weight excluding hydrogens is 451 g/mol. The van der Waals surface area contributed by atoms with Crippen molar-refractivity contribution in [1.82, 2.24) is 0 Å². The van der Waals surface area contributed by atoms with E-state index in [-0.39, 0.29) is 10.9 Å². The van der Waals surface area contributed by atoms with Crippen LogP contribution < -0.4 is 14.7 Å². The third kappa shape index (κ3) is 3.23. The molecule has 162 valence electrons. The van der Waals surface area contributed by atoms with Gasteiger partial charge in [0.1, 0.15) is 11.7 Å². The van der Waals surface area contributed by atoms with Crippen molar-refractivity contribution < 1.29 is 19.2 Å². The van der Waals surface area contributed by atoms with E-state index in [2.05, 4.69) is 0 Å². The minimum Gasteiger partial charge on any atom is -0.496 e. The number of hydrogen-bond donors (Lipinski definition) is 0. The van der Waals surface area contributed by atoms with Crippen LogP contribution in [0.2, 0.25) is 10.0 Å². The van der Waals surface area contributed by atoms with Crippen molar-refractivity contribution in [2.24, 2.45) is 5.92 Å². The molecule has 2 heterocycles. The average molecular weight is 469 g/mol. The fourth-order valence-corrected chi connectivity index (χ4v) is 4.61. The van der Waals surface area contributed by atoms with Gasteiger partial charge in [0.15, 0.2) is 6.10 Å². The lowest BCUT2D eigenvalue weighted by molar-refractivity contribution is -0.126. The summed E-state index contributed by atoms with van der Waals surface area (Å²) in [5.74, 6) is -0.978. The second kappa shape index (κ2) is 8.13. The molecule has 8 heteroatoms. The van der Waals surface area contributed by atoms with E-state index in [0.29, 0.717) is 16.5 Å². The number of amides is 2. The Balaban J connectivity index is 1.61. The second-order valence-corrected chi connectivity index (χ2v) is 8.32. The number of ether oxygens (including phenoxy) is 1. The summed E-state index contributed by atoms with van der Waals surface area (Å²) in [7, 11) is 1.57. The summed E-state index contributed by atoms with van der Waals surface area (Å²) in [4.78, 5) is 34.2. The van der Waals surface area contributed by atoms with Crippen LogP contribution in [-0.2, 0) is 14.4 Å². The first-order valence-electron chi connectivity index (χ1n) is 9.98. The van der Waals surface area contributed by atoms with Gasteiger partial charge in [-0.05, 0) is 36.4 Å². The zero-order chi connectivity index (χ0) is 22.4. The van der Waals surface area contributed by atoms with Gasteiger partial charge in [0, 0.05) is 5.56 Å². The number of hydroxylamine groups is 1. The third-order valence-corrected chi connectivity index (χ3v) is 6.48. The van der Waals surface area contributed by atoms with Gasteiger partial charge in [-0.3, -0.25) is 14.4 Å². The molecule has 2 amide bonds. The Morgan fingerprint density at radius 1 is 0.844 bits per heavy atom. The summed E-state index contributed by atoms with van der Waals surface area (Å²) in [5, 5.41) is 2.23. The number of rotatable bonds is 4. The highest BCUT2D eigenvalue weighted by Gasteiger charge is 2.60. The van der Waals surface area contributed by atoms with Crippen LogP contribution in [0, 0.1) is 5.92 Å². The molecular formula is C24H18Cl2N2O4. The van der Waals surface area contributed by atoms with Gasteiger partial charge in [-0.2, -0.15) is 0 Å². The van der Waals surface area contributed by atoms with Crippen LogP contribution in [0.5, 0.6) is 5.75 Å². The maximum atomic E-state index is 13.6. The Bertz CT molecular complexity index is 1200. The van der Waals surface area contributed by atoms with Crippen molar-refractivity contribution in [2.45, 2.75) is 12.1 Å². The summed E-state index contributed by atoms with van der Waals surface area (Å²) < 4.78 is 5.57. The number of anilines is 2. The number of carbonyl (C=O) groups is 2. The van der Waals surface area contributed by atoms with E-state index >= 15 is 0 Å². The van der Waals surface area contributed by atoms with E-state index in [9.17, 15) is 9.59 Å². The summed E-state index contributed by atoms with van der Waals surface area (Å²) >= 11 is 12.2. The van der Waals surface area contributed by atoms with E-state index in [4.69, 9.17) is 32.8 Å². The number of halogens is 2. The van der Waals surface area contributed by atoms with Crippen LogP contribution in [-0.4, -0.2) is 25.0 Å². The molecule has 2 saturated heterocycles. The van der Waals surface area contributed by atoms with E-state index in [1.807, 2.05) is 54.6 Å². The van der Waals surface area contributed by atoms with Crippen molar-refractivity contribution in [3.63, 3.8) is 0 Å². The normalized spacial score (nSPS) is 22.4. The van der Waals surface area contributed by atoms with Crippen molar-refractivity contribution >= 4 is 46.4 Å². The molecule has 2 fully saturated rings. The minimum absolute atomic E-state index is 0.259. The molecule has 3 atom stereocenters. The van der Waals surface area contributed by atoms with E-state index in [1.165, 1.54) is 6.07 Å². The topological polar surface area (TPSA) is 59.1 Å². The molecule has 0 unspecified atom stereocenters. The molecule has 0 aliphatic carbocycles. The first-order chi connectivity index (χ1) is 15.5. The predicted molar refractivity (Wildman–Crippen MR) is 122 cm³/mol. The second-order valence-electron chi connectivity index (χ2n) is 7.51. The van der Waals surface area contributed by atoms with Gasteiger partial charge in [0.2, 0.25) is 5.91 Å². The number of para-hydroxylation sites is 2. The van der Waals surface area contributed by atoms with Gasteiger partial charge in [0.05, 0.1) is 34.6 Å². The van der Waals surface area contributed by atoms with Gasteiger partial charge < -0.3 is 4.74 Å². The lowest BCUT2D eigenvalue weighted by Gasteiger charge is -2.29. The van der Waals surface area contributed by atoms with Gasteiger partial charge >= 0.3 is 0 Å². The molecule has 0 N–H and O–H groups in total. The Morgan fingerprint density at radius 3 is 2.28 bits per heavy atom. The number of hydrogen-bond acceptors (Lipinski definition) is 5. The van der Waals surface area contributed by atoms with Crippen molar-refractivity contribution in [3.8, 4) is 5.75 Å². The van der Waals surface area contributed by atoms with Gasteiger partial charge in [-0.15, -0.1) is 0 Å². The van der Waals surface area contributed by atoms with Gasteiger partial charge in [-0.25, -0.2) is 9.96 Å². The lowest BCUT2D eigenvalue weighted by Crippen LogP contribution is -2.37. The Morgan fingerprint density at radius 2 is 1.56 bits per heavy atom. The Labute approximate surface area is 194 Å². The summed E-state index contributed by atoms with van der Waals surface area (Å²) in [5.41, 5.74) is 1.85. The van der Waals surface area contributed by atoms with Crippen LogP contribution in [0.1, 0.15) is 11.6 Å². The molecule has 0 radical (unpaired) electrons. The number of imide groups is 1. The molecule has 6 nitrogen and oxygen atoms in total. The van der Waals surface area contributed by atoms with Crippen molar-refractivity contribution in [2.75, 3.05) is 17.1 Å². The summed E-state index contributed by atoms with van der Waals surface area (Å²) in [6.07, 6.45) is -0.980. The van der Waals surface area contributed by atoms with Crippen molar-refractivity contribution in [1.29, 1.82) is 0 Å². The van der Waals surface area contributed by atoms with Gasteiger partial charge in [-0.1, -0.05) is 59.6 Å². The number of carbonyl (C=O) groups excluding carboxylic acids is 2. The maximum Gasteiger partial charge on any atom is 0.266 e. The molecule has 0 saturated carbocycles. The number of methoxy groups -OCH3 is 1. The minimum atomic E-state index is -0.980. The fraction of sp³-hybridized carbons (Fsp3) is 0.167. The van der Waals surface area contributed by atoms with Crippen LogP contribution in [0.15, 0.2) is 72.8 Å². The molecule has 2 aliphatic heterocycles. The maximum absolute atomic E-state index is 13.6. The van der Waals surface area contributed by atoms with E-state index in [1.54, 1.807) is 24.3 Å². The first-order valence-corrected chi connectivity index (χ1v) is 10.7. The number of nitrogens with zero attached hydrogens (tertiary/aromatic N) is 2. The molecule has 2 aliphatic rings. The number of benzene rings is 3. The zero-order valence-electron chi connectivity index (χ0n) is 16.9. The third-order valence-electron chi connectivity index (χ3n) is 5.75. The average Bonchev–Trinajstić information content (AvgIpc) is 3.32. The van der Waals surface area contributed by atoms with E-state index < -0.39 is 24.0 Å². The molecule has 32 heavy (non-hydrogen) atoms. The molecule has 5 rings (SSSR count). The lowest BCUT2D eigenvalue weighted by atomic mass is 9.90. The molecule has 0 aromatic heterocycles. The van der Waals surface area contributed by atoms with Crippen molar-refractivity contribution in [3.05, 3.63) is 88.4 Å². The summed E-state index contributed by atoms with van der Waals surface area (Å²) in [6, 6.07) is 20.9. The van der Waals surface area contributed by atoms with E-state index in [0.717, 1.165) is 16.2 Å². The smallest absolute Gasteiger partial charge is 0.266 e. The Hall–Kier alpha value is -3.06. The standard InChI is InChI=1S/C24H18Cl2N2O4/c1-31-19-10-6-5-9-16(19)21-20-22(32-28(21)14-7-3-2-4-8-14)24(30)27(23(20)29)15-11-12-17(25)18(26)13-15/h2-13,20-22H,1H3/t20-,21+,22+/m0/s1. The predicted octanol–water partition coefficient (Wildman–Crippen LogP) is 5.05.